The summed E-state index contributed by atoms with van der Waals surface area (Å²) in [6.07, 6.45) is 1.23. The van der Waals surface area contributed by atoms with E-state index >= 15 is 0 Å². The molecule has 0 fully saturated rings. The van der Waals surface area contributed by atoms with Crippen LogP contribution in [0, 0.1) is 6.92 Å². The molecular formula is C11H9ClN2O3. The van der Waals surface area contributed by atoms with Crippen LogP contribution in [-0.4, -0.2) is 26.0 Å². The molecule has 0 radical (unpaired) electrons. The van der Waals surface area contributed by atoms with Gasteiger partial charge in [0.05, 0.1) is 11.9 Å². The summed E-state index contributed by atoms with van der Waals surface area (Å²) >= 11 is 5.95. The zero-order chi connectivity index (χ0) is 12.6. The zero-order valence-electron chi connectivity index (χ0n) is 8.88. The number of benzene rings is 1. The van der Waals surface area contributed by atoms with Crippen LogP contribution < -0.4 is 0 Å². The third kappa shape index (κ3) is 2.09. The maximum absolute atomic E-state index is 10.7. The first kappa shape index (κ1) is 11.5. The van der Waals surface area contributed by atoms with Gasteiger partial charge in [0.15, 0.2) is 5.75 Å². The largest absolute Gasteiger partial charge is 0.504 e. The molecule has 0 aliphatic rings. The number of aromatic hydroxyl groups is 1. The van der Waals surface area contributed by atoms with Gasteiger partial charge in [0, 0.05) is 5.02 Å². The lowest BCUT2D eigenvalue weighted by Gasteiger charge is -2.03. The highest BCUT2D eigenvalue weighted by Gasteiger charge is 2.15. The Morgan fingerprint density at radius 1 is 1.47 bits per heavy atom. The first-order chi connectivity index (χ1) is 7.99. The molecule has 2 aromatic rings. The normalized spacial score (nSPS) is 10.5. The molecule has 0 amide bonds. The summed E-state index contributed by atoms with van der Waals surface area (Å²) in [7, 11) is 0. The number of carbonyl (C=O) groups is 1. The minimum absolute atomic E-state index is 0.380. The lowest BCUT2D eigenvalue weighted by atomic mass is 10.2. The van der Waals surface area contributed by atoms with Gasteiger partial charge < -0.3 is 10.2 Å². The van der Waals surface area contributed by atoms with Gasteiger partial charge in [-0.2, -0.15) is 5.10 Å². The third-order valence-electron chi connectivity index (χ3n) is 2.32. The summed E-state index contributed by atoms with van der Waals surface area (Å²) in [6, 6.07) is 5.17. The quantitative estimate of drug-likeness (QED) is 0.859. The van der Waals surface area contributed by atoms with Crippen LogP contribution in [0.25, 0.3) is 5.69 Å². The molecule has 6 heteroatoms. The Bertz CT molecular complexity index is 592. The molecule has 0 saturated carbocycles. The molecule has 1 heterocycles. The Morgan fingerprint density at radius 3 is 2.71 bits per heavy atom. The molecule has 1 aromatic heterocycles. The Kier molecular flexibility index (Phi) is 2.77. The fraction of sp³-hybridized carbons (Fsp3) is 0.0909. The van der Waals surface area contributed by atoms with E-state index < -0.39 is 5.97 Å². The van der Waals surface area contributed by atoms with Crippen LogP contribution in [0.1, 0.15) is 16.1 Å². The maximum Gasteiger partial charge on any atom is 0.360 e. The summed E-state index contributed by atoms with van der Waals surface area (Å²) in [5.41, 5.74) is 1.11. The summed E-state index contributed by atoms with van der Waals surface area (Å²) < 4.78 is 1.27. The fourth-order valence-corrected chi connectivity index (χ4v) is 1.55. The number of hydrogen-bond acceptors (Lipinski definition) is 3. The van der Waals surface area contributed by atoms with Crippen LogP contribution in [0.5, 0.6) is 5.75 Å². The molecule has 88 valence electrons. The number of halogens is 1. The lowest BCUT2D eigenvalue weighted by Crippen LogP contribution is -2.01. The van der Waals surface area contributed by atoms with E-state index in [0.717, 1.165) is 5.56 Å². The molecule has 2 rings (SSSR count). The molecule has 5 nitrogen and oxygen atoms in total. The summed E-state index contributed by atoms with van der Waals surface area (Å²) in [4.78, 5) is 10.7. The molecule has 2 N–H and O–H groups in total. The predicted octanol–water partition coefficient (Wildman–Crippen LogP) is 2.24. The monoisotopic (exact) mass is 252 g/mol. The third-order valence-corrected chi connectivity index (χ3v) is 2.72. The second-order valence-corrected chi connectivity index (χ2v) is 3.95. The Hall–Kier alpha value is -2.01. The van der Waals surface area contributed by atoms with Crippen molar-refractivity contribution in [1.82, 2.24) is 9.78 Å². The number of carboxylic acids is 1. The number of hydrogen-bond donors (Lipinski definition) is 2. The fourth-order valence-electron chi connectivity index (χ4n) is 1.37. The van der Waals surface area contributed by atoms with Gasteiger partial charge >= 0.3 is 5.97 Å². The molecule has 0 aliphatic heterocycles. The van der Waals surface area contributed by atoms with E-state index in [1.807, 2.05) is 6.92 Å². The number of rotatable bonds is 2. The number of nitrogens with zero attached hydrogens (tertiary/aromatic N) is 2. The van der Waals surface area contributed by atoms with Crippen molar-refractivity contribution in [1.29, 1.82) is 0 Å². The van der Waals surface area contributed by atoms with Gasteiger partial charge in [-0.1, -0.05) is 17.7 Å². The van der Waals surface area contributed by atoms with Crippen molar-refractivity contribution >= 4 is 17.6 Å². The Labute approximate surface area is 102 Å². The molecule has 0 saturated heterocycles. The molecule has 17 heavy (non-hydrogen) atoms. The highest BCUT2D eigenvalue weighted by atomic mass is 35.5. The number of aromatic carboxylic acids is 1. The minimum Gasteiger partial charge on any atom is -0.504 e. The van der Waals surface area contributed by atoms with Crippen LogP contribution in [0.2, 0.25) is 5.02 Å². The summed E-state index contributed by atoms with van der Waals surface area (Å²) in [5.74, 6) is -1.66. The smallest absolute Gasteiger partial charge is 0.360 e. The van der Waals surface area contributed by atoms with E-state index in [0.29, 0.717) is 10.7 Å². The Morgan fingerprint density at radius 2 is 2.18 bits per heavy atom. The topological polar surface area (TPSA) is 75.4 Å². The molecule has 1 aromatic carbocycles. The SMILES string of the molecule is Cc1ccc(-n2cc(O)c(C(=O)O)n2)cc1Cl. The van der Waals surface area contributed by atoms with Crippen molar-refractivity contribution in [3.05, 3.63) is 40.7 Å². The van der Waals surface area contributed by atoms with Crippen molar-refractivity contribution < 1.29 is 15.0 Å². The van der Waals surface area contributed by atoms with Gasteiger partial charge in [0.2, 0.25) is 5.69 Å². The van der Waals surface area contributed by atoms with E-state index in [4.69, 9.17) is 16.7 Å². The molecule has 0 unspecified atom stereocenters. The summed E-state index contributed by atoms with van der Waals surface area (Å²) in [6.45, 7) is 1.86. The van der Waals surface area contributed by atoms with Crippen molar-refractivity contribution in [2.75, 3.05) is 0 Å². The van der Waals surface area contributed by atoms with Crippen LogP contribution >= 0.6 is 11.6 Å². The first-order valence-electron chi connectivity index (χ1n) is 4.77. The van der Waals surface area contributed by atoms with Gasteiger partial charge in [-0.25, -0.2) is 9.48 Å². The number of aryl methyl sites for hydroxylation is 1. The Balaban J connectivity index is 2.50. The second kappa shape index (κ2) is 4.10. The van der Waals surface area contributed by atoms with Crippen molar-refractivity contribution in [3.63, 3.8) is 0 Å². The van der Waals surface area contributed by atoms with E-state index in [2.05, 4.69) is 5.10 Å². The van der Waals surface area contributed by atoms with Gasteiger partial charge in [0.1, 0.15) is 0 Å². The highest BCUT2D eigenvalue weighted by molar-refractivity contribution is 6.31. The molecule has 0 aliphatic carbocycles. The number of carboxylic acid groups (broad SMARTS) is 1. The van der Waals surface area contributed by atoms with Crippen LogP contribution in [0.3, 0.4) is 0 Å². The van der Waals surface area contributed by atoms with E-state index in [9.17, 15) is 9.90 Å². The van der Waals surface area contributed by atoms with Crippen molar-refractivity contribution in [2.24, 2.45) is 0 Å². The van der Waals surface area contributed by atoms with Gasteiger partial charge in [-0.15, -0.1) is 0 Å². The standard InChI is InChI=1S/C11H9ClN2O3/c1-6-2-3-7(4-8(6)12)14-5-9(15)10(13-14)11(16)17/h2-5,15H,1H3,(H,16,17). The van der Waals surface area contributed by atoms with Gasteiger partial charge in [-0.05, 0) is 24.6 Å². The minimum atomic E-state index is -1.28. The number of aromatic nitrogens is 2. The highest BCUT2D eigenvalue weighted by Crippen LogP contribution is 2.22. The van der Waals surface area contributed by atoms with Crippen LogP contribution in [0.15, 0.2) is 24.4 Å². The van der Waals surface area contributed by atoms with Crippen molar-refractivity contribution in [3.8, 4) is 11.4 Å². The van der Waals surface area contributed by atoms with Crippen LogP contribution in [0.4, 0.5) is 0 Å². The molecule has 0 bridgehead atoms. The second-order valence-electron chi connectivity index (χ2n) is 3.55. The predicted molar refractivity (Wildman–Crippen MR) is 61.9 cm³/mol. The molecular weight excluding hydrogens is 244 g/mol. The maximum atomic E-state index is 10.7. The molecule has 0 atom stereocenters. The van der Waals surface area contributed by atoms with E-state index in [1.165, 1.54) is 10.9 Å². The average Bonchev–Trinajstić information content (AvgIpc) is 2.64. The zero-order valence-corrected chi connectivity index (χ0v) is 9.64. The van der Waals surface area contributed by atoms with E-state index in [1.54, 1.807) is 18.2 Å². The van der Waals surface area contributed by atoms with Crippen LogP contribution in [-0.2, 0) is 0 Å². The van der Waals surface area contributed by atoms with Gasteiger partial charge in [-0.3, -0.25) is 0 Å². The van der Waals surface area contributed by atoms with Crippen molar-refractivity contribution in [2.45, 2.75) is 6.92 Å². The average molecular weight is 253 g/mol. The van der Waals surface area contributed by atoms with Gasteiger partial charge in [0.25, 0.3) is 0 Å². The summed E-state index contributed by atoms with van der Waals surface area (Å²) in [5, 5.41) is 22.5. The van der Waals surface area contributed by atoms with E-state index in [-0.39, 0.29) is 11.4 Å². The first-order valence-corrected chi connectivity index (χ1v) is 5.15. The molecule has 0 spiro atoms. The lowest BCUT2D eigenvalue weighted by molar-refractivity contribution is 0.0687.